The van der Waals surface area contributed by atoms with Crippen LogP contribution in [-0.4, -0.2) is 23.5 Å². The molecule has 0 aliphatic rings. The van der Waals surface area contributed by atoms with E-state index in [1.165, 1.54) is 4.88 Å². The summed E-state index contributed by atoms with van der Waals surface area (Å²) in [5.41, 5.74) is 1.13. The lowest BCUT2D eigenvalue weighted by molar-refractivity contribution is 0.0760. The van der Waals surface area contributed by atoms with E-state index >= 15 is 0 Å². The fourth-order valence-corrected chi connectivity index (χ4v) is 3.70. The van der Waals surface area contributed by atoms with Gasteiger partial charge in [0.05, 0.1) is 5.69 Å². The minimum atomic E-state index is 0.0961. The van der Waals surface area contributed by atoms with Crippen LogP contribution in [0, 0.1) is 0 Å². The number of thiophene rings is 1. The van der Waals surface area contributed by atoms with E-state index in [-0.39, 0.29) is 6.10 Å². The lowest BCUT2D eigenvalue weighted by Gasteiger charge is -2.22. The zero-order valence-corrected chi connectivity index (χ0v) is 14.1. The molecule has 0 N–H and O–H groups in total. The van der Waals surface area contributed by atoms with Gasteiger partial charge in [-0.2, -0.15) is 0 Å². The maximum Gasteiger partial charge on any atom is 0.122 e. The van der Waals surface area contributed by atoms with Crippen molar-refractivity contribution in [1.29, 1.82) is 0 Å². The largest absolute Gasteiger partial charge is 0.372 e. The Labute approximate surface area is 129 Å². The van der Waals surface area contributed by atoms with Crippen LogP contribution in [0.15, 0.2) is 22.9 Å². The number of hydrogen-bond donors (Lipinski definition) is 0. The van der Waals surface area contributed by atoms with Gasteiger partial charge in [-0.05, 0) is 39.3 Å². The molecule has 0 saturated carbocycles. The van der Waals surface area contributed by atoms with Crippen LogP contribution in [0.5, 0.6) is 0 Å². The van der Waals surface area contributed by atoms with E-state index in [9.17, 15) is 0 Å². The predicted octanol–water partition coefficient (Wildman–Crippen LogP) is 4.50. The number of rotatable bonds is 7. The third-order valence-corrected chi connectivity index (χ3v) is 5.46. The molecule has 3 nitrogen and oxygen atoms in total. The van der Waals surface area contributed by atoms with Crippen LogP contribution in [0.4, 0.5) is 0 Å². The Morgan fingerprint density at radius 2 is 2.15 bits per heavy atom. The molecule has 5 heteroatoms. The van der Waals surface area contributed by atoms with Gasteiger partial charge in [-0.1, -0.05) is 6.07 Å². The summed E-state index contributed by atoms with van der Waals surface area (Å²) in [6.07, 6.45) is 0.0961. The Kier molecular flexibility index (Phi) is 5.72. The number of ether oxygens (including phenoxy) is 1. The van der Waals surface area contributed by atoms with Crippen molar-refractivity contribution in [3.8, 4) is 0 Å². The first-order valence-corrected chi connectivity index (χ1v) is 8.67. The molecule has 0 bridgehead atoms. The van der Waals surface area contributed by atoms with Crippen LogP contribution in [0.25, 0.3) is 0 Å². The van der Waals surface area contributed by atoms with Crippen LogP contribution in [-0.2, 0) is 11.3 Å². The van der Waals surface area contributed by atoms with Crippen molar-refractivity contribution in [2.45, 2.75) is 39.5 Å². The maximum absolute atomic E-state index is 5.59. The second-order valence-electron chi connectivity index (χ2n) is 4.88. The van der Waals surface area contributed by atoms with Crippen LogP contribution in [0.1, 0.15) is 48.5 Å². The zero-order chi connectivity index (χ0) is 14.5. The molecular formula is C15H22N2OS2. The Hall–Kier alpha value is -0.750. The van der Waals surface area contributed by atoms with Gasteiger partial charge in [0, 0.05) is 29.5 Å². The standard InChI is InChI=1S/C15H22N2OS2/c1-5-18-12(3)15-16-13(10-20-15)9-17(4)11(2)14-7-6-8-19-14/h6-8,10-12H,5,9H2,1-4H3/t11-,12-/m1/s1. The quantitative estimate of drug-likeness (QED) is 0.753. The number of hydrogen-bond acceptors (Lipinski definition) is 5. The van der Waals surface area contributed by atoms with Gasteiger partial charge in [0.1, 0.15) is 11.1 Å². The Balaban J connectivity index is 1.96. The summed E-state index contributed by atoms with van der Waals surface area (Å²) in [6.45, 7) is 7.91. The van der Waals surface area contributed by atoms with Crippen molar-refractivity contribution < 1.29 is 4.74 Å². The summed E-state index contributed by atoms with van der Waals surface area (Å²) in [5, 5.41) is 5.34. The maximum atomic E-state index is 5.59. The Morgan fingerprint density at radius 3 is 2.80 bits per heavy atom. The third-order valence-electron chi connectivity index (χ3n) is 3.36. The number of aromatic nitrogens is 1. The fourth-order valence-electron chi connectivity index (χ4n) is 2.04. The molecule has 110 valence electrons. The summed E-state index contributed by atoms with van der Waals surface area (Å²) in [6, 6.07) is 4.72. The molecule has 0 saturated heterocycles. The molecule has 2 aromatic rings. The van der Waals surface area contributed by atoms with Crippen molar-refractivity contribution in [3.05, 3.63) is 38.5 Å². The molecule has 2 aromatic heterocycles. The minimum Gasteiger partial charge on any atom is -0.372 e. The summed E-state index contributed by atoms with van der Waals surface area (Å²) in [5.74, 6) is 0. The molecule has 2 atom stereocenters. The van der Waals surface area contributed by atoms with Gasteiger partial charge in [0.15, 0.2) is 0 Å². The minimum absolute atomic E-state index is 0.0961. The summed E-state index contributed by atoms with van der Waals surface area (Å²) < 4.78 is 5.59. The molecule has 20 heavy (non-hydrogen) atoms. The second-order valence-corrected chi connectivity index (χ2v) is 6.75. The predicted molar refractivity (Wildman–Crippen MR) is 86.4 cm³/mol. The first-order chi connectivity index (χ1) is 9.61. The van der Waals surface area contributed by atoms with E-state index in [1.54, 1.807) is 11.3 Å². The Morgan fingerprint density at radius 1 is 1.35 bits per heavy atom. The normalized spacial score (nSPS) is 14.7. The van der Waals surface area contributed by atoms with E-state index in [4.69, 9.17) is 4.74 Å². The SMILES string of the molecule is CCO[C@H](C)c1nc(CN(C)[C@H](C)c2cccs2)cs1. The van der Waals surface area contributed by atoms with Crippen molar-refractivity contribution in [2.24, 2.45) is 0 Å². The highest BCUT2D eigenvalue weighted by Gasteiger charge is 2.15. The number of thiazole rings is 1. The van der Waals surface area contributed by atoms with Crippen molar-refractivity contribution in [2.75, 3.05) is 13.7 Å². The van der Waals surface area contributed by atoms with E-state index in [0.29, 0.717) is 6.04 Å². The molecule has 0 aliphatic carbocycles. The molecule has 0 amide bonds. The first kappa shape index (κ1) is 15.6. The van der Waals surface area contributed by atoms with Gasteiger partial charge < -0.3 is 4.74 Å². The smallest absolute Gasteiger partial charge is 0.122 e. The van der Waals surface area contributed by atoms with E-state index in [2.05, 4.69) is 53.7 Å². The summed E-state index contributed by atoms with van der Waals surface area (Å²) in [4.78, 5) is 8.41. The molecular weight excluding hydrogens is 288 g/mol. The lowest BCUT2D eigenvalue weighted by atomic mass is 10.2. The highest BCUT2D eigenvalue weighted by Crippen LogP contribution is 2.26. The number of nitrogens with zero attached hydrogens (tertiary/aromatic N) is 2. The van der Waals surface area contributed by atoms with Crippen LogP contribution < -0.4 is 0 Å². The molecule has 0 radical (unpaired) electrons. The average Bonchev–Trinajstić information content (AvgIpc) is 3.09. The van der Waals surface area contributed by atoms with Crippen molar-refractivity contribution in [3.63, 3.8) is 0 Å². The first-order valence-electron chi connectivity index (χ1n) is 6.91. The Bertz CT molecular complexity index is 510. The van der Waals surface area contributed by atoms with E-state index in [1.807, 2.05) is 18.3 Å². The van der Waals surface area contributed by atoms with Gasteiger partial charge in [0.2, 0.25) is 0 Å². The van der Waals surface area contributed by atoms with Gasteiger partial charge >= 0.3 is 0 Å². The molecule has 2 rings (SSSR count). The zero-order valence-electron chi connectivity index (χ0n) is 12.5. The third kappa shape index (κ3) is 3.88. The molecule has 2 heterocycles. The average molecular weight is 310 g/mol. The highest BCUT2D eigenvalue weighted by molar-refractivity contribution is 7.10. The van der Waals surface area contributed by atoms with Gasteiger partial charge in [0.25, 0.3) is 0 Å². The van der Waals surface area contributed by atoms with Crippen molar-refractivity contribution in [1.82, 2.24) is 9.88 Å². The topological polar surface area (TPSA) is 25.4 Å². The van der Waals surface area contributed by atoms with E-state index in [0.717, 1.165) is 23.9 Å². The van der Waals surface area contributed by atoms with Crippen LogP contribution in [0.2, 0.25) is 0 Å². The monoisotopic (exact) mass is 310 g/mol. The molecule has 0 fully saturated rings. The highest BCUT2D eigenvalue weighted by atomic mass is 32.1. The summed E-state index contributed by atoms with van der Waals surface area (Å²) in [7, 11) is 2.15. The second kappa shape index (κ2) is 7.31. The van der Waals surface area contributed by atoms with Gasteiger partial charge in [-0.15, -0.1) is 22.7 Å². The molecule has 0 spiro atoms. The molecule has 0 aliphatic heterocycles. The lowest BCUT2D eigenvalue weighted by Crippen LogP contribution is -2.21. The van der Waals surface area contributed by atoms with Gasteiger partial charge in [-0.25, -0.2) is 4.98 Å². The molecule has 0 unspecified atom stereocenters. The summed E-state index contributed by atoms with van der Waals surface area (Å²) >= 11 is 3.50. The van der Waals surface area contributed by atoms with Crippen LogP contribution in [0.3, 0.4) is 0 Å². The van der Waals surface area contributed by atoms with Gasteiger partial charge in [-0.3, -0.25) is 4.90 Å². The fraction of sp³-hybridized carbons (Fsp3) is 0.533. The molecule has 0 aromatic carbocycles. The van der Waals surface area contributed by atoms with Crippen LogP contribution >= 0.6 is 22.7 Å². The van der Waals surface area contributed by atoms with Crippen molar-refractivity contribution >= 4 is 22.7 Å². The van der Waals surface area contributed by atoms with E-state index < -0.39 is 0 Å².